The molecule has 0 radical (unpaired) electrons. The van der Waals surface area contributed by atoms with E-state index in [1.807, 2.05) is 25.1 Å². The molecule has 1 unspecified atom stereocenters. The Balaban J connectivity index is 2.71. The highest BCUT2D eigenvalue weighted by Crippen LogP contribution is 2.20. The summed E-state index contributed by atoms with van der Waals surface area (Å²) in [5.41, 5.74) is 2.56. The number of amides is 1. The molecular weight excluding hydrogens is 232 g/mol. The third kappa shape index (κ3) is 4.35. The van der Waals surface area contributed by atoms with Crippen molar-refractivity contribution in [3.05, 3.63) is 23.8 Å². The average molecular weight is 252 g/mol. The van der Waals surface area contributed by atoms with E-state index in [0.717, 1.165) is 11.3 Å². The number of hydrogen-bond donors (Lipinski definition) is 4. The van der Waals surface area contributed by atoms with Gasteiger partial charge in [0.15, 0.2) is 0 Å². The SMILES string of the molecule is CCC(=O)Nc1ccc(C)c(NCC(O)CO)c1. The number of nitrogens with one attached hydrogen (secondary N) is 2. The summed E-state index contributed by atoms with van der Waals surface area (Å²) in [5, 5.41) is 23.8. The molecule has 100 valence electrons. The molecule has 0 aliphatic rings. The first kappa shape index (κ1) is 14.5. The average Bonchev–Trinajstić information content (AvgIpc) is 2.38. The molecule has 0 saturated carbocycles. The smallest absolute Gasteiger partial charge is 0.224 e. The Morgan fingerprint density at radius 2 is 2.17 bits per heavy atom. The van der Waals surface area contributed by atoms with E-state index in [1.54, 1.807) is 6.92 Å². The van der Waals surface area contributed by atoms with Gasteiger partial charge in [-0.3, -0.25) is 4.79 Å². The fourth-order valence-electron chi connectivity index (χ4n) is 1.43. The predicted molar refractivity (Wildman–Crippen MR) is 71.7 cm³/mol. The van der Waals surface area contributed by atoms with Crippen LogP contribution >= 0.6 is 0 Å². The quantitative estimate of drug-likeness (QED) is 0.611. The lowest BCUT2D eigenvalue weighted by Crippen LogP contribution is -2.23. The maximum Gasteiger partial charge on any atom is 0.224 e. The molecule has 0 aliphatic heterocycles. The third-order valence-corrected chi connectivity index (χ3v) is 2.58. The van der Waals surface area contributed by atoms with Crippen LogP contribution in [0.1, 0.15) is 18.9 Å². The standard InChI is InChI=1S/C13H20N2O3/c1-3-13(18)15-10-5-4-9(2)12(6-10)14-7-11(17)8-16/h4-6,11,14,16-17H,3,7-8H2,1-2H3,(H,15,18). The van der Waals surface area contributed by atoms with Crippen molar-refractivity contribution in [3.8, 4) is 0 Å². The van der Waals surface area contributed by atoms with Crippen LogP contribution in [0.2, 0.25) is 0 Å². The minimum Gasteiger partial charge on any atom is -0.394 e. The summed E-state index contributed by atoms with van der Waals surface area (Å²) < 4.78 is 0. The summed E-state index contributed by atoms with van der Waals surface area (Å²) in [6, 6.07) is 5.53. The monoisotopic (exact) mass is 252 g/mol. The highest BCUT2D eigenvalue weighted by atomic mass is 16.3. The second-order valence-corrected chi connectivity index (χ2v) is 4.15. The lowest BCUT2D eigenvalue weighted by Gasteiger charge is -2.14. The highest BCUT2D eigenvalue weighted by Gasteiger charge is 2.05. The molecule has 0 bridgehead atoms. The van der Waals surface area contributed by atoms with Crippen molar-refractivity contribution < 1.29 is 15.0 Å². The molecule has 4 N–H and O–H groups in total. The lowest BCUT2D eigenvalue weighted by molar-refractivity contribution is -0.115. The molecule has 1 aromatic rings. The topological polar surface area (TPSA) is 81.6 Å². The number of benzene rings is 1. The van der Waals surface area contributed by atoms with Crippen LogP contribution in [-0.4, -0.2) is 35.4 Å². The molecule has 0 saturated heterocycles. The molecule has 0 aliphatic carbocycles. The van der Waals surface area contributed by atoms with E-state index < -0.39 is 6.10 Å². The lowest BCUT2D eigenvalue weighted by atomic mass is 10.1. The molecule has 0 fully saturated rings. The van der Waals surface area contributed by atoms with E-state index in [4.69, 9.17) is 5.11 Å². The van der Waals surface area contributed by atoms with Gasteiger partial charge in [-0.05, 0) is 24.6 Å². The number of carbonyl (C=O) groups is 1. The second-order valence-electron chi connectivity index (χ2n) is 4.15. The summed E-state index contributed by atoms with van der Waals surface area (Å²) in [6.07, 6.45) is -0.363. The van der Waals surface area contributed by atoms with Crippen LogP contribution in [0.3, 0.4) is 0 Å². The Kier molecular flexibility index (Phi) is 5.61. The number of aliphatic hydroxyl groups is 2. The molecule has 0 heterocycles. The van der Waals surface area contributed by atoms with Gasteiger partial charge >= 0.3 is 0 Å². The fraction of sp³-hybridized carbons (Fsp3) is 0.462. The number of aliphatic hydroxyl groups excluding tert-OH is 2. The number of anilines is 2. The van der Waals surface area contributed by atoms with Crippen LogP contribution in [0.15, 0.2) is 18.2 Å². The fourth-order valence-corrected chi connectivity index (χ4v) is 1.43. The second kappa shape index (κ2) is 6.98. The number of hydrogen-bond acceptors (Lipinski definition) is 4. The Morgan fingerprint density at radius 1 is 1.44 bits per heavy atom. The zero-order chi connectivity index (χ0) is 13.5. The van der Waals surface area contributed by atoms with Gasteiger partial charge in [-0.15, -0.1) is 0 Å². The highest BCUT2D eigenvalue weighted by molar-refractivity contribution is 5.91. The summed E-state index contributed by atoms with van der Waals surface area (Å²) in [6.45, 7) is 3.71. The first-order chi connectivity index (χ1) is 8.56. The van der Waals surface area contributed by atoms with Crippen LogP contribution in [-0.2, 0) is 4.79 Å². The van der Waals surface area contributed by atoms with Crippen molar-refractivity contribution in [2.45, 2.75) is 26.4 Å². The summed E-state index contributed by atoms with van der Waals surface area (Å²) in [5.74, 6) is -0.0415. The maximum absolute atomic E-state index is 11.3. The molecule has 1 aromatic carbocycles. The van der Waals surface area contributed by atoms with Gasteiger partial charge in [-0.1, -0.05) is 13.0 Å². The maximum atomic E-state index is 11.3. The van der Waals surface area contributed by atoms with Crippen molar-refractivity contribution in [2.75, 3.05) is 23.8 Å². The minimum atomic E-state index is -0.793. The van der Waals surface area contributed by atoms with E-state index in [2.05, 4.69) is 10.6 Å². The van der Waals surface area contributed by atoms with Crippen LogP contribution in [0.5, 0.6) is 0 Å². The molecule has 1 atom stereocenters. The molecule has 0 spiro atoms. The molecule has 18 heavy (non-hydrogen) atoms. The van der Waals surface area contributed by atoms with Gasteiger partial charge in [0.1, 0.15) is 0 Å². The summed E-state index contributed by atoms with van der Waals surface area (Å²) in [7, 11) is 0. The minimum absolute atomic E-state index is 0.0415. The van der Waals surface area contributed by atoms with Crippen molar-refractivity contribution in [1.82, 2.24) is 0 Å². The van der Waals surface area contributed by atoms with E-state index in [-0.39, 0.29) is 19.1 Å². The summed E-state index contributed by atoms with van der Waals surface area (Å²) in [4.78, 5) is 11.3. The first-order valence-electron chi connectivity index (χ1n) is 6.00. The normalized spacial score (nSPS) is 12.0. The molecule has 5 heteroatoms. The zero-order valence-corrected chi connectivity index (χ0v) is 10.7. The number of rotatable bonds is 6. The predicted octanol–water partition coefficient (Wildman–Crippen LogP) is 1.11. The van der Waals surface area contributed by atoms with Gasteiger partial charge in [-0.25, -0.2) is 0 Å². The van der Waals surface area contributed by atoms with Gasteiger partial charge < -0.3 is 20.8 Å². The van der Waals surface area contributed by atoms with E-state index in [1.165, 1.54) is 0 Å². The van der Waals surface area contributed by atoms with Gasteiger partial charge in [0.25, 0.3) is 0 Å². The van der Waals surface area contributed by atoms with Crippen molar-refractivity contribution in [2.24, 2.45) is 0 Å². The summed E-state index contributed by atoms with van der Waals surface area (Å²) >= 11 is 0. The Bertz CT molecular complexity index is 407. The van der Waals surface area contributed by atoms with Crippen molar-refractivity contribution in [3.63, 3.8) is 0 Å². The molecular formula is C13H20N2O3. The van der Waals surface area contributed by atoms with E-state index in [9.17, 15) is 9.90 Å². The van der Waals surface area contributed by atoms with Gasteiger partial charge in [0, 0.05) is 24.3 Å². The molecule has 5 nitrogen and oxygen atoms in total. The number of carbonyl (C=O) groups excluding carboxylic acids is 1. The third-order valence-electron chi connectivity index (χ3n) is 2.58. The van der Waals surface area contributed by atoms with Gasteiger partial charge in [0.05, 0.1) is 12.7 Å². The van der Waals surface area contributed by atoms with Crippen LogP contribution in [0, 0.1) is 6.92 Å². The largest absolute Gasteiger partial charge is 0.394 e. The molecule has 1 rings (SSSR count). The van der Waals surface area contributed by atoms with Gasteiger partial charge in [-0.2, -0.15) is 0 Å². The Labute approximate surface area is 107 Å². The van der Waals surface area contributed by atoms with E-state index >= 15 is 0 Å². The zero-order valence-electron chi connectivity index (χ0n) is 10.7. The molecule has 0 aromatic heterocycles. The van der Waals surface area contributed by atoms with Crippen molar-refractivity contribution >= 4 is 17.3 Å². The van der Waals surface area contributed by atoms with Crippen LogP contribution < -0.4 is 10.6 Å². The molecule has 1 amide bonds. The van der Waals surface area contributed by atoms with Crippen LogP contribution in [0.25, 0.3) is 0 Å². The number of aryl methyl sites for hydroxylation is 1. The van der Waals surface area contributed by atoms with Crippen molar-refractivity contribution in [1.29, 1.82) is 0 Å². The van der Waals surface area contributed by atoms with E-state index in [0.29, 0.717) is 12.1 Å². The Hall–Kier alpha value is -1.59. The Morgan fingerprint density at radius 3 is 2.78 bits per heavy atom. The first-order valence-corrected chi connectivity index (χ1v) is 6.00. The van der Waals surface area contributed by atoms with Crippen LogP contribution in [0.4, 0.5) is 11.4 Å². The van der Waals surface area contributed by atoms with Gasteiger partial charge in [0.2, 0.25) is 5.91 Å².